The number of allylic oxidation sites excluding steroid dienone is 2. The van der Waals surface area contributed by atoms with E-state index in [0.29, 0.717) is 29.9 Å². The van der Waals surface area contributed by atoms with Gasteiger partial charge in [0.2, 0.25) is 0 Å². The van der Waals surface area contributed by atoms with E-state index in [1.807, 2.05) is 58.9 Å². The number of thiophene rings is 1. The predicted molar refractivity (Wildman–Crippen MR) is 158 cm³/mol. The highest BCUT2D eigenvalue weighted by atomic mass is 32.2. The second-order valence-corrected chi connectivity index (χ2v) is 11.3. The van der Waals surface area contributed by atoms with Gasteiger partial charge < -0.3 is 15.7 Å². The van der Waals surface area contributed by atoms with Crippen molar-refractivity contribution in [3.63, 3.8) is 0 Å². The number of carboxylic acids is 1. The molecule has 1 aromatic heterocycles. The van der Waals surface area contributed by atoms with Crippen molar-refractivity contribution in [1.82, 2.24) is 4.90 Å². The summed E-state index contributed by atoms with van der Waals surface area (Å²) in [5.74, 6) is -0.273. The summed E-state index contributed by atoms with van der Waals surface area (Å²) in [5.41, 5.74) is 6.43. The van der Waals surface area contributed by atoms with Crippen molar-refractivity contribution in [3.8, 4) is 0 Å². The summed E-state index contributed by atoms with van der Waals surface area (Å²) in [5, 5.41) is 11.2. The van der Waals surface area contributed by atoms with Gasteiger partial charge >= 0.3 is 5.97 Å². The molecule has 202 valence electrons. The normalized spacial score (nSPS) is 14.6. The molecule has 1 aliphatic rings. The van der Waals surface area contributed by atoms with E-state index in [1.54, 1.807) is 23.5 Å². The van der Waals surface area contributed by atoms with Gasteiger partial charge in [-0.3, -0.25) is 4.79 Å². The summed E-state index contributed by atoms with van der Waals surface area (Å²) in [7, 11) is 0. The summed E-state index contributed by atoms with van der Waals surface area (Å²) < 4.78 is 0. The van der Waals surface area contributed by atoms with Crippen LogP contribution >= 0.6 is 23.1 Å². The summed E-state index contributed by atoms with van der Waals surface area (Å²) in [6.07, 6.45) is 16.7. The fraction of sp³-hybridized carbons (Fsp3) is 0.467. The number of benzene rings is 1. The van der Waals surface area contributed by atoms with E-state index in [2.05, 4.69) is 6.92 Å². The van der Waals surface area contributed by atoms with Crippen molar-refractivity contribution in [1.29, 1.82) is 0 Å². The third kappa shape index (κ3) is 12.2. The quantitative estimate of drug-likeness (QED) is 0.169. The molecule has 37 heavy (non-hydrogen) atoms. The van der Waals surface area contributed by atoms with Gasteiger partial charge in [-0.25, -0.2) is 4.79 Å². The molecular weight excluding hydrogens is 500 g/mol. The molecule has 0 aliphatic carbocycles. The molecule has 0 radical (unpaired) electrons. The van der Waals surface area contributed by atoms with Crippen LogP contribution in [0.2, 0.25) is 0 Å². The van der Waals surface area contributed by atoms with Crippen molar-refractivity contribution >= 4 is 34.9 Å². The molecule has 0 saturated heterocycles. The van der Waals surface area contributed by atoms with Gasteiger partial charge in [0, 0.05) is 28.8 Å². The van der Waals surface area contributed by atoms with Crippen molar-refractivity contribution in [3.05, 3.63) is 82.2 Å². The van der Waals surface area contributed by atoms with Crippen LogP contribution in [0.25, 0.3) is 0 Å². The fourth-order valence-corrected chi connectivity index (χ4v) is 5.92. The number of nitrogens with two attached hydrogens (primary N) is 1. The zero-order valence-electron chi connectivity index (χ0n) is 22.0. The van der Waals surface area contributed by atoms with Crippen LogP contribution < -0.4 is 5.73 Å². The summed E-state index contributed by atoms with van der Waals surface area (Å²) >= 11 is 3.14. The van der Waals surface area contributed by atoms with Crippen molar-refractivity contribution in [2.24, 2.45) is 5.73 Å². The maximum atomic E-state index is 12.3. The van der Waals surface area contributed by atoms with E-state index in [1.165, 1.54) is 68.0 Å². The number of thioether (sulfide) groups is 1. The van der Waals surface area contributed by atoms with E-state index in [-0.39, 0.29) is 11.2 Å². The minimum atomic E-state index is -0.919. The SMILES string of the molecule is CCCCCCCCCCN.O=C(O)C1=CC=CN(Cc2cccs2)C1SCCC(=O)c1ccccc1. The van der Waals surface area contributed by atoms with Gasteiger partial charge in [0.15, 0.2) is 5.78 Å². The lowest BCUT2D eigenvalue weighted by Gasteiger charge is -2.32. The maximum absolute atomic E-state index is 12.3. The Morgan fingerprint density at radius 2 is 1.70 bits per heavy atom. The molecule has 0 saturated carbocycles. The number of Topliss-reactive ketones (excluding diaryl/α,β-unsaturated/α-hetero) is 1. The van der Waals surface area contributed by atoms with Gasteiger partial charge in [-0.2, -0.15) is 0 Å². The minimum Gasteiger partial charge on any atom is -0.478 e. The third-order valence-corrected chi connectivity index (χ3v) is 8.19. The number of hydrogen-bond acceptors (Lipinski definition) is 6. The molecule has 2 aromatic rings. The van der Waals surface area contributed by atoms with Crippen molar-refractivity contribution < 1.29 is 14.7 Å². The monoisotopic (exact) mass is 542 g/mol. The fourth-order valence-electron chi connectivity index (χ4n) is 3.99. The second kappa shape index (κ2) is 18.8. The highest BCUT2D eigenvalue weighted by molar-refractivity contribution is 8.00. The summed E-state index contributed by atoms with van der Waals surface area (Å²) in [6.45, 7) is 3.78. The second-order valence-electron chi connectivity index (χ2n) is 9.05. The van der Waals surface area contributed by atoms with Crippen LogP contribution in [0.5, 0.6) is 0 Å². The number of carboxylic acid groups (broad SMARTS) is 1. The van der Waals surface area contributed by atoms with Crippen LogP contribution in [0.1, 0.15) is 79.9 Å². The number of hydrogen-bond donors (Lipinski definition) is 2. The number of rotatable bonds is 16. The van der Waals surface area contributed by atoms with E-state index >= 15 is 0 Å². The highest BCUT2D eigenvalue weighted by Crippen LogP contribution is 2.30. The first-order valence-electron chi connectivity index (χ1n) is 13.4. The first-order valence-corrected chi connectivity index (χ1v) is 15.3. The molecule has 7 heteroatoms. The molecule has 5 nitrogen and oxygen atoms in total. The Labute approximate surface area is 230 Å². The first-order chi connectivity index (χ1) is 18.1. The third-order valence-electron chi connectivity index (χ3n) is 6.04. The van der Waals surface area contributed by atoms with Crippen LogP contribution in [-0.2, 0) is 11.3 Å². The predicted octanol–water partition coefficient (Wildman–Crippen LogP) is 7.51. The molecule has 0 spiro atoms. The molecule has 3 N–H and O–H groups in total. The van der Waals surface area contributed by atoms with Gasteiger partial charge in [0.1, 0.15) is 5.37 Å². The first kappa shape index (κ1) is 30.9. The number of carbonyl (C=O) groups excluding carboxylic acids is 1. The highest BCUT2D eigenvalue weighted by Gasteiger charge is 2.27. The Kier molecular flexibility index (Phi) is 15.7. The molecule has 1 aromatic carbocycles. The average Bonchev–Trinajstić information content (AvgIpc) is 3.43. The number of carbonyl (C=O) groups is 2. The van der Waals surface area contributed by atoms with E-state index in [9.17, 15) is 14.7 Å². The van der Waals surface area contributed by atoms with Crippen LogP contribution in [-0.4, -0.2) is 39.4 Å². The molecule has 0 bridgehead atoms. The lowest BCUT2D eigenvalue weighted by atomic mass is 10.1. The van der Waals surface area contributed by atoms with Gasteiger partial charge in [-0.05, 0) is 36.6 Å². The Hall–Kier alpha value is -2.35. The Bertz CT molecular complexity index is 950. The molecule has 2 heterocycles. The maximum Gasteiger partial charge on any atom is 0.334 e. The van der Waals surface area contributed by atoms with Crippen LogP contribution in [0.15, 0.2) is 71.8 Å². The molecular formula is C30H42N2O3S2. The number of nitrogens with zero attached hydrogens (tertiary/aromatic N) is 1. The number of ketones is 1. The number of unbranched alkanes of at least 4 members (excludes halogenated alkanes) is 7. The van der Waals surface area contributed by atoms with Crippen LogP contribution in [0.4, 0.5) is 0 Å². The molecule has 1 unspecified atom stereocenters. The largest absolute Gasteiger partial charge is 0.478 e. The zero-order chi connectivity index (χ0) is 26.7. The standard InChI is InChI=1S/C20H19NO3S2.C10H23N/c22-18(15-6-2-1-3-7-15)10-13-26-19-17(20(23)24)9-4-11-21(19)14-16-8-5-12-25-16;1-2-3-4-5-6-7-8-9-10-11/h1-9,11-12,19H,10,13-14H2,(H,23,24);2-11H2,1H3. The summed E-state index contributed by atoms with van der Waals surface area (Å²) in [4.78, 5) is 27.1. The Morgan fingerprint density at radius 3 is 2.32 bits per heavy atom. The van der Waals surface area contributed by atoms with E-state index < -0.39 is 5.97 Å². The molecule has 0 fully saturated rings. The molecule has 0 amide bonds. The van der Waals surface area contributed by atoms with E-state index in [0.717, 1.165) is 6.54 Å². The Balaban J connectivity index is 0.000000371. The topological polar surface area (TPSA) is 83.6 Å². The summed E-state index contributed by atoms with van der Waals surface area (Å²) in [6, 6.07) is 13.2. The smallest absolute Gasteiger partial charge is 0.334 e. The van der Waals surface area contributed by atoms with Gasteiger partial charge in [0.25, 0.3) is 0 Å². The lowest BCUT2D eigenvalue weighted by molar-refractivity contribution is -0.133. The molecule has 1 atom stereocenters. The minimum absolute atomic E-state index is 0.0788. The molecule has 3 rings (SSSR count). The van der Waals surface area contributed by atoms with Crippen LogP contribution in [0.3, 0.4) is 0 Å². The lowest BCUT2D eigenvalue weighted by Crippen LogP contribution is -2.34. The van der Waals surface area contributed by atoms with Gasteiger partial charge in [-0.15, -0.1) is 23.1 Å². The van der Waals surface area contributed by atoms with Crippen molar-refractivity contribution in [2.75, 3.05) is 12.3 Å². The van der Waals surface area contributed by atoms with E-state index in [4.69, 9.17) is 5.73 Å². The average molecular weight is 543 g/mol. The number of aliphatic carboxylic acids is 1. The van der Waals surface area contributed by atoms with Gasteiger partial charge in [0.05, 0.1) is 12.1 Å². The van der Waals surface area contributed by atoms with Crippen LogP contribution in [0, 0.1) is 0 Å². The van der Waals surface area contributed by atoms with Crippen molar-refractivity contribution in [2.45, 2.75) is 76.6 Å². The Morgan fingerprint density at radius 1 is 1.00 bits per heavy atom. The zero-order valence-corrected chi connectivity index (χ0v) is 23.7. The van der Waals surface area contributed by atoms with Gasteiger partial charge in [-0.1, -0.05) is 88.3 Å². The molecule has 1 aliphatic heterocycles.